The summed E-state index contributed by atoms with van der Waals surface area (Å²) in [7, 11) is 1.94. The normalized spacial score (nSPS) is 19.1. The van der Waals surface area contributed by atoms with Gasteiger partial charge in [-0.1, -0.05) is 0 Å². The SMILES string of the molecule is CNCCC1CCCCN1C(=O)c1ccc(I)c(O)c1. The summed E-state index contributed by atoms with van der Waals surface area (Å²) in [6, 6.07) is 5.47. The number of hydrogen-bond donors (Lipinski definition) is 2. The Balaban J connectivity index is 2.14. The summed E-state index contributed by atoms with van der Waals surface area (Å²) in [6.07, 6.45) is 4.32. The molecule has 2 rings (SSSR count). The molecule has 5 heteroatoms. The van der Waals surface area contributed by atoms with Crippen molar-refractivity contribution in [1.29, 1.82) is 0 Å². The third-order valence-electron chi connectivity index (χ3n) is 3.81. The first kappa shape index (κ1) is 15.6. The van der Waals surface area contributed by atoms with Crippen molar-refractivity contribution in [2.45, 2.75) is 31.7 Å². The maximum atomic E-state index is 12.6. The Kier molecular flexibility index (Phi) is 5.65. The van der Waals surface area contributed by atoms with Crippen LogP contribution in [-0.2, 0) is 0 Å². The number of rotatable bonds is 4. The highest BCUT2D eigenvalue weighted by atomic mass is 127. The highest BCUT2D eigenvalue weighted by Gasteiger charge is 2.27. The number of nitrogens with zero attached hydrogens (tertiary/aromatic N) is 1. The fraction of sp³-hybridized carbons (Fsp3) is 0.533. The molecule has 0 radical (unpaired) electrons. The van der Waals surface area contributed by atoms with Crippen LogP contribution in [0.15, 0.2) is 18.2 Å². The van der Waals surface area contributed by atoms with Crippen molar-refractivity contribution in [3.63, 3.8) is 0 Å². The summed E-state index contributed by atoms with van der Waals surface area (Å²) in [5.41, 5.74) is 0.583. The van der Waals surface area contributed by atoms with Gasteiger partial charge in [0.15, 0.2) is 0 Å². The van der Waals surface area contributed by atoms with Gasteiger partial charge in [0.05, 0.1) is 3.57 Å². The summed E-state index contributed by atoms with van der Waals surface area (Å²) in [5, 5.41) is 12.9. The third-order valence-corrected chi connectivity index (χ3v) is 4.72. The lowest BCUT2D eigenvalue weighted by atomic mass is 9.98. The summed E-state index contributed by atoms with van der Waals surface area (Å²) in [5.74, 6) is 0.220. The summed E-state index contributed by atoms with van der Waals surface area (Å²) >= 11 is 2.06. The Labute approximate surface area is 133 Å². The number of hydrogen-bond acceptors (Lipinski definition) is 3. The minimum Gasteiger partial charge on any atom is -0.507 e. The number of piperidine rings is 1. The smallest absolute Gasteiger partial charge is 0.254 e. The Hall–Kier alpha value is -0.820. The molecule has 1 aliphatic heterocycles. The van der Waals surface area contributed by atoms with Crippen molar-refractivity contribution < 1.29 is 9.90 Å². The van der Waals surface area contributed by atoms with Crippen molar-refractivity contribution in [2.75, 3.05) is 20.1 Å². The molecular formula is C15H21IN2O2. The quantitative estimate of drug-likeness (QED) is 0.780. The van der Waals surface area contributed by atoms with E-state index in [1.807, 2.05) is 11.9 Å². The van der Waals surface area contributed by atoms with Crippen molar-refractivity contribution >= 4 is 28.5 Å². The molecule has 4 nitrogen and oxygen atoms in total. The second-order valence-corrected chi connectivity index (χ2v) is 6.37. The van der Waals surface area contributed by atoms with Crippen molar-refractivity contribution in [1.82, 2.24) is 10.2 Å². The number of benzene rings is 1. The van der Waals surface area contributed by atoms with E-state index in [1.165, 1.54) is 6.42 Å². The number of carbonyl (C=O) groups excluding carboxylic acids is 1. The van der Waals surface area contributed by atoms with Gasteiger partial charge < -0.3 is 15.3 Å². The second-order valence-electron chi connectivity index (χ2n) is 5.21. The second kappa shape index (κ2) is 7.26. The first-order valence-corrected chi connectivity index (χ1v) is 8.15. The molecule has 20 heavy (non-hydrogen) atoms. The first-order valence-electron chi connectivity index (χ1n) is 7.07. The van der Waals surface area contributed by atoms with Gasteiger partial charge in [0, 0.05) is 18.2 Å². The van der Waals surface area contributed by atoms with Gasteiger partial charge in [-0.25, -0.2) is 0 Å². The molecule has 110 valence electrons. The zero-order valence-electron chi connectivity index (χ0n) is 11.7. The minimum atomic E-state index is 0.0394. The zero-order valence-corrected chi connectivity index (χ0v) is 13.9. The van der Waals surface area contributed by atoms with Crippen LogP contribution in [0.4, 0.5) is 0 Å². The molecular weight excluding hydrogens is 367 g/mol. The van der Waals surface area contributed by atoms with Crippen LogP contribution in [-0.4, -0.2) is 42.1 Å². The van der Waals surface area contributed by atoms with Gasteiger partial charge in [0.25, 0.3) is 5.91 Å². The molecule has 1 unspecified atom stereocenters. The maximum Gasteiger partial charge on any atom is 0.254 e. The monoisotopic (exact) mass is 388 g/mol. The largest absolute Gasteiger partial charge is 0.507 e. The van der Waals surface area contributed by atoms with Gasteiger partial charge in [-0.2, -0.15) is 0 Å². The molecule has 1 aliphatic rings. The summed E-state index contributed by atoms with van der Waals surface area (Å²) in [6.45, 7) is 1.74. The Bertz CT molecular complexity index is 479. The lowest BCUT2D eigenvalue weighted by Crippen LogP contribution is -2.44. The third kappa shape index (κ3) is 3.63. The number of amides is 1. The Morgan fingerprint density at radius 1 is 1.50 bits per heavy atom. The molecule has 1 amide bonds. The highest BCUT2D eigenvalue weighted by Crippen LogP contribution is 2.25. The Morgan fingerprint density at radius 3 is 3.00 bits per heavy atom. The average molecular weight is 388 g/mol. The van der Waals surface area contributed by atoms with Crippen molar-refractivity contribution in [2.24, 2.45) is 0 Å². The number of carbonyl (C=O) groups is 1. The molecule has 1 aromatic rings. The Morgan fingerprint density at radius 2 is 2.30 bits per heavy atom. The fourth-order valence-corrected chi connectivity index (χ4v) is 3.03. The van der Waals surface area contributed by atoms with E-state index in [2.05, 4.69) is 27.9 Å². The predicted molar refractivity (Wildman–Crippen MR) is 88.0 cm³/mol. The lowest BCUT2D eigenvalue weighted by molar-refractivity contribution is 0.0602. The molecule has 0 aliphatic carbocycles. The number of phenols is 1. The number of nitrogens with one attached hydrogen (secondary N) is 1. The average Bonchev–Trinajstić information content (AvgIpc) is 2.47. The van der Waals surface area contributed by atoms with Crippen LogP contribution in [0.25, 0.3) is 0 Å². The van der Waals surface area contributed by atoms with E-state index in [4.69, 9.17) is 0 Å². The zero-order chi connectivity index (χ0) is 14.5. The van der Waals surface area contributed by atoms with E-state index in [9.17, 15) is 9.90 Å². The van der Waals surface area contributed by atoms with E-state index in [0.717, 1.165) is 35.9 Å². The van der Waals surface area contributed by atoms with Crippen LogP contribution >= 0.6 is 22.6 Å². The van der Waals surface area contributed by atoms with Crippen LogP contribution in [0.1, 0.15) is 36.0 Å². The van der Waals surface area contributed by atoms with Crippen molar-refractivity contribution in [3.8, 4) is 5.75 Å². The van der Waals surface area contributed by atoms with Crippen LogP contribution in [0, 0.1) is 3.57 Å². The molecule has 0 saturated carbocycles. The summed E-state index contributed by atoms with van der Waals surface area (Å²) < 4.78 is 0.768. The number of likely N-dealkylation sites (tertiary alicyclic amines) is 1. The van der Waals surface area contributed by atoms with E-state index in [0.29, 0.717) is 11.6 Å². The van der Waals surface area contributed by atoms with Gasteiger partial charge in [-0.15, -0.1) is 0 Å². The van der Waals surface area contributed by atoms with Crippen LogP contribution in [0.2, 0.25) is 0 Å². The molecule has 1 fully saturated rings. The number of halogens is 1. The van der Waals surface area contributed by atoms with Gasteiger partial charge >= 0.3 is 0 Å². The van der Waals surface area contributed by atoms with Crippen LogP contribution < -0.4 is 5.32 Å². The van der Waals surface area contributed by atoms with Gasteiger partial charge in [-0.3, -0.25) is 4.79 Å². The van der Waals surface area contributed by atoms with E-state index in [1.54, 1.807) is 18.2 Å². The van der Waals surface area contributed by atoms with Crippen molar-refractivity contribution in [3.05, 3.63) is 27.3 Å². The molecule has 1 heterocycles. The van der Waals surface area contributed by atoms with E-state index < -0.39 is 0 Å². The molecule has 1 aromatic carbocycles. The molecule has 0 aromatic heterocycles. The van der Waals surface area contributed by atoms with E-state index >= 15 is 0 Å². The van der Waals surface area contributed by atoms with Gasteiger partial charge in [-0.05, 0) is 80.1 Å². The molecule has 1 atom stereocenters. The summed E-state index contributed by atoms with van der Waals surface area (Å²) in [4.78, 5) is 14.6. The molecule has 0 bridgehead atoms. The lowest BCUT2D eigenvalue weighted by Gasteiger charge is -2.36. The predicted octanol–water partition coefficient (Wildman–Crippen LogP) is 2.60. The van der Waals surface area contributed by atoms with Gasteiger partial charge in [0.2, 0.25) is 0 Å². The number of aromatic hydroxyl groups is 1. The first-order chi connectivity index (χ1) is 9.63. The number of phenolic OH excluding ortho intramolecular Hbond substituents is 1. The fourth-order valence-electron chi connectivity index (χ4n) is 2.69. The van der Waals surface area contributed by atoms with E-state index in [-0.39, 0.29) is 11.7 Å². The maximum absolute atomic E-state index is 12.6. The topological polar surface area (TPSA) is 52.6 Å². The van der Waals surface area contributed by atoms with Gasteiger partial charge in [0.1, 0.15) is 5.75 Å². The standard InChI is InChI=1S/C15H21IN2O2/c1-17-8-7-12-4-2-3-9-18(12)15(20)11-5-6-13(16)14(19)10-11/h5-6,10,12,17,19H,2-4,7-9H2,1H3. The molecule has 2 N–H and O–H groups in total. The van der Waals surface area contributed by atoms with Crippen LogP contribution in [0.5, 0.6) is 5.75 Å². The van der Waals surface area contributed by atoms with Crippen LogP contribution in [0.3, 0.4) is 0 Å². The minimum absolute atomic E-state index is 0.0394. The molecule has 0 spiro atoms. The highest BCUT2D eigenvalue weighted by molar-refractivity contribution is 14.1. The molecule has 1 saturated heterocycles.